The van der Waals surface area contributed by atoms with E-state index >= 15 is 0 Å². The molecule has 1 heterocycles. The highest BCUT2D eigenvalue weighted by atomic mass is 16.5. The zero-order chi connectivity index (χ0) is 20.9. The quantitative estimate of drug-likeness (QED) is 0.472. The summed E-state index contributed by atoms with van der Waals surface area (Å²) in [6.07, 6.45) is 1.74. The van der Waals surface area contributed by atoms with E-state index < -0.39 is 0 Å². The van der Waals surface area contributed by atoms with Crippen LogP contribution in [-0.4, -0.2) is 23.0 Å². The summed E-state index contributed by atoms with van der Waals surface area (Å²) in [6, 6.07) is 24.0. The number of nitrogens with zero attached hydrogens (tertiary/aromatic N) is 2. The number of rotatable bonds is 5. The van der Waals surface area contributed by atoms with Crippen LogP contribution in [0.25, 0.3) is 22.7 Å². The van der Waals surface area contributed by atoms with Crippen LogP contribution < -0.4 is 10.1 Å². The molecular weight excluding hydrogens is 376 g/mol. The van der Waals surface area contributed by atoms with Gasteiger partial charge in [-0.3, -0.25) is 4.79 Å². The highest BCUT2D eigenvalue weighted by Crippen LogP contribution is 2.21. The molecule has 0 atom stereocenters. The molecule has 30 heavy (non-hydrogen) atoms. The number of aromatic nitrogens is 2. The molecule has 4 rings (SSSR count). The van der Waals surface area contributed by atoms with Gasteiger partial charge in [-0.05, 0) is 60.2 Å². The van der Waals surface area contributed by atoms with Crippen molar-refractivity contribution in [1.82, 2.24) is 9.97 Å². The lowest BCUT2D eigenvalue weighted by Gasteiger charge is -2.07. The number of ether oxygens (including phenoxy) is 1. The summed E-state index contributed by atoms with van der Waals surface area (Å²) >= 11 is 0. The number of imidazole rings is 1. The molecule has 1 aromatic heterocycles. The SMILES string of the molecule is COc1ccc(C(=O)Nc2cccc(/C=C(\C#N)c3nc4ccccc4[nH]3)c2)cc1. The van der Waals surface area contributed by atoms with E-state index in [1.165, 1.54) is 0 Å². The summed E-state index contributed by atoms with van der Waals surface area (Å²) in [7, 11) is 1.58. The Labute approximate surface area is 173 Å². The van der Waals surface area contributed by atoms with Gasteiger partial charge in [0, 0.05) is 11.3 Å². The van der Waals surface area contributed by atoms with Gasteiger partial charge in [0.2, 0.25) is 0 Å². The first-order valence-electron chi connectivity index (χ1n) is 9.28. The standard InChI is InChI=1S/C24H18N4O2/c1-30-20-11-9-17(10-12-20)24(29)26-19-6-4-5-16(14-19)13-18(15-25)23-27-21-7-2-3-8-22(21)28-23/h2-14H,1H3,(H,26,29)(H,27,28)/b18-13+. The van der Waals surface area contributed by atoms with Crippen LogP contribution in [0.3, 0.4) is 0 Å². The third kappa shape index (κ3) is 4.05. The summed E-state index contributed by atoms with van der Waals surface area (Å²) in [6.45, 7) is 0. The minimum atomic E-state index is -0.225. The van der Waals surface area contributed by atoms with E-state index in [2.05, 4.69) is 21.4 Å². The van der Waals surface area contributed by atoms with Gasteiger partial charge in [-0.2, -0.15) is 5.26 Å². The van der Waals surface area contributed by atoms with Crippen LogP contribution in [0.5, 0.6) is 5.75 Å². The van der Waals surface area contributed by atoms with E-state index in [0.717, 1.165) is 16.6 Å². The van der Waals surface area contributed by atoms with Crippen molar-refractivity contribution < 1.29 is 9.53 Å². The second kappa shape index (κ2) is 8.33. The first-order chi connectivity index (χ1) is 14.7. The fraction of sp³-hybridized carbons (Fsp3) is 0.0417. The molecule has 0 aliphatic carbocycles. The number of carbonyl (C=O) groups excluding carboxylic acids is 1. The molecule has 0 aliphatic heterocycles. The molecule has 1 amide bonds. The Kier molecular flexibility index (Phi) is 5.27. The molecule has 0 radical (unpaired) electrons. The van der Waals surface area contributed by atoms with Gasteiger partial charge in [0.15, 0.2) is 0 Å². The third-order valence-electron chi connectivity index (χ3n) is 4.57. The molecule has 146 valence electrons. The summed E-state index contributed by atoms with van der Waals surface area (Å²) < 4.78 is 5.11. The molecule has 0 aliphatic rings. The van der Waals surface area contributed by atoms with Crippen LogP contribution in [-0.2, 0) is 0 Å². The Morgan fingerprint density at radius 3 is 2.63 bits per heavy atom. The number of amides is 1. The number of anilines is 1. The maximum absolute atomic E-state index is 12.5. The zero-order valence-corrected chi connectivity index (χ0v) is 16.2. The summed E-state index contributed by atoms with van der Waals surface area (Å²) in [5.74, 6) is 0.969. The zero-order valence-electron chi connectivity index (χ0n) is 16.2. The predicted octanol–water partition coefficient (Wildman–Crippen LogP) is 4.89. The van der Waals surface area contributed by atoms with E-state index in [1.54, 1.807) is 49.6 Å². The topological polar surface area (TPSA) is 90.8 Å². The highest BCUT2D eigenvalue weighted by molar-refractivity contribution is 6.04. The second-order valence-electron chi connectivity index (χ2n) is 6.58. The number of hydrogen-bond donors (Lipinski definition) is 2. The summed E-state index contributed by atoms with van der Waals surface area (Å²) in [5.41, 5.74) is 4.01. The van der Waals surface area contributed by atoms with Gasteiger partial charge in [0.1, 0.15) is 17.6 Å². The molecular formula is C24H18N4O2. The number of hydrogen-bond acceptors (Lipinski definition) is 4. The summed E-state index contributed by atoms with van der Waals surface area (Å²) in [5, 5.41) is 12.5. The van der Waals surface area contributed by atoms with Crippen LogP contribution in [0.15, 0.2) is 72.8 Å². The Balaban J connectivity index is 1.57. The molecule has 0 saturated heterocycles. The van der Waals surface area contributed by atoms with Gasteiger partial charge in [-0.25, -0.2) is 4.98 Å². The van der Waals surface area contributed by atoms with E-state index in [0.29, 0.717) is 28.4 Å². The molecule has 0 unspecified atom stereocenters. The van der Waals surface area contributed by atoms with Crippen LogP contribution in [0.1, 0.15) is 21.7 Å². The fourth-order valence-electron chi connectivity index (χ4n) is 3.05. The molecule has 0 bridgehead atoms. The van der Waals surface area contributed by atoms with E-state index in [1.807, 2.05) is 36.4 Å². The number of aromatic amines is 1. The molecule has 4 aromatic rings. The van der Waals surface area contributed by atoms with E-state index in [9.17, 15) is 10.1 Å². The molecule has 0 fully saturated rings. The van der Waals surface area contributed by atoms with Crippen LogP contribution in [0.2, 0.25) is 0 Å². The maximum Gasteiger partial charge on any atom is 0.255 e. The van der Waals surface area contributed by atoms with E-state index in [4.69, 9.17) is 4.74 Å². The Hall–Kier alpha value is -4.37. The number of methoxy groups -OCH3 is 1. The fourth-order valence-corrected chi connectivity index (χ4v) is 3.05. The first kappa shape index (κ1) is 19.0. The number of H-pyrrole nitrogens is 1. The molecule has 6 nitrogen and oxygen atoms in total. The van der Waals surface area contributed by atoms with Gasteiger partial charge < -0.3 is 15.0 Å². The lowest BCUT2D eigenvalue weighted by atomic mass is 10.1. The van der Waals surface area contributed by atoms with Crippen molar-refractivity contribution in [2.75, 3.05) is 12.4 Å². The van der Waals surface area contributed by atoms with Crippen molar-refractivity contribution in [3.8, 4) is 11.8 Å². The lowest BCUT2D eigenvalue weighted by Crippen LogP contribution is -2.11. The van der Waals surface area contributed by atoms with Gasteiger partial charge in [-0.1, -0.05) is 24.3 Å². The molecule has 0 saturated carbocycles. The average Bonchev–Trinajstić information content (AvgIpc) is 3.22. The summed E-state index contributed by atoms with van der Waals surface area (Å²) in [4.78, 5) is 20.1. The number of allylic oxidation sites excluding steroid dienone is 1. The van der Waals surface area contributed by atoms with Gasteiger partial charge in [0.25, 0.3) is 5.91 Å². The maximum atomic E-state index is 12.5. The molecule has 0 spiro atoms. The van der Waals surface area contributed by atoms with Crippen molar-refractivity contribution in [2.24, 2.45) is 0 Å². The first-order valence-corrected chi connectivity index (χ1v) is 9.28. The number of para-hydroxylation sites is 2. The second-order valence-corrected chi connectivity index (χ2v) is 6.58. The van der Waals surface area contributed by atoms with Crippen molar-refractivity contribution in [2.45, 2.75) is 0 Å². The van der Waals surface area contributed by atoms with Crippen molar-refractivity contribution in [3.05, 3.63) is 89.7 Å². The number of nitrogens with one attached hydrogen (secondary N) is 2. The number of fused-ring (bicyclic) bond motifs is 1. The van der Waals surface area contributed by atoms with Crippen LogP contribution >= 0.6 is 0 Å². The predicted molar refractivity (Wildman–Crippen MR) is 117 cm³/mol. The molecule has 6 heteroatoms. The average molecular weight is 394 g/mol. The van der Waals surface area contributed by atoms with Gasteiger partial charge in [-0.15, -0.1) is 0 Å². The minimum Gasteiger partial charge on any atom is -0.497 e. The monoisotopic (exact) mass is 394 g/mol. The van der Waals surface area contributed by atoms with E-state index in [-0.39, 0.29) is 5.91 Å². The Bertz CT molecular complexity index is 1250. The number of carbonyl (C=O) groups is 1. The minimum absolute atomic E-state index is 0.225. The third-order valence-corrected chi connectivity index (χ3v) is 4.57. The highest BCUT2D eigenvalue weighted by Gasteiger charge is 2.09. The van der Waals surface area contributed by atoms with Crippen molar-refractivity contribution in [1.29, 1.82) is 5.26 Å². The van der Waals surface area contributed by atoms with Gasteiger partial charge >= 0.3 is 0 Å². The van der Waals surface area contributed by atoms with Crippen LogP contribution in [0.4, 0.5) is 5.69 Å². The van der Waals surface area contributed by atoms with Crippen molar-refractivity contribution in [3.63, 3.8) is 0 Å². The Morgan fingerprint density at radius 2 is 1.90 bits per heavy atom. The Morgan fingerprint density at radius 1 is 1.10 bits per heavy atom. The lowest BCUT2D eigenvalue weighted by molar-refractivity contribution is 0.102. The normalized spacial score (nSPS) is 11.1. The number of nitriles is 1. The molecule has 2 N–H and O–H groups in total. The smallest absolute Gasteiger partial charge is 0.255 e. The number of benzene rings is 3. The largest absolute Gasteiger partial charge is 0.497 e. The van der Waals surface area contributed by atoms with Crippen LogP contribution in [0, 0.1) is 11.3 Å². The molecule has 3 aromatic carbocycles. The van der Waals surface area contributed by atoms with Gasteiger partial charge in [0.05, 0.1) is 23.7 Å². The van der Waals surface area contributed by atoms with Crippen molar-refractivity contribution >= 4 is 34.3 Å².